The second-order valence-electron chi connectivity index (χ2n) is 6.81. The molecule has 0 aliphatic rings. The lowest BCUT2D eigenvalue weighted by Crippen LogP contribution is -2.25. The maximum atomic E-state index is 12.0. The lowest BCUT2D eigenvalue weighted by molar-refractivity contribution is -0.121. The predicted molar refractivity (Wildman–Crippen MR) is 115 cm³/mol. The van der Waals surface area contributed by atoms with Crippen LogP contribution in [-0.2, 0) is 17.6 Å². The van der Waals surface area contributed by atoms with Crippen LogP contribution in [0.2, 0.25) is 0 Å². The first-order chi connectivity index (χ1) is 13.6. The van der Waals surface area contributed by atoms with Crippen molar-refractivity contribution in [3.63, 3.8) is 0 Å². The van der Waals surface area contributed by atoms with Crippen molar-refractivity contribution in [1.82, 2.24) is 10.3 Å². The van der Waals surface area contributed by atoms with Gasteiger partial charge in [-0.2, -0.15) is 0 Å². The summed E-state index contributed by atoms with van der Waals surface area (Å²) in [5.74, 6) is 0.955. The van der Waals surface area contributed by atoms with Gasteiger partial charge in [0, 0.05) is 30.3 Å². The Bertz CT molecular complexity index is 886. The highest BCUT2D eigenvalue weighted by Crippen LogP contribution is 2.24. The molecular formula is C23H26N2O2S. The number of carbonyl (C=O) groups excluding carboxylic acids is 1. The normalized spacial score (nSPS) is 10.6. The number of benzene rings is 2. The van der Waals surface area contributed by atoms with E-state index < -0.39 is 0 Å². The van der Waals surface area contributed by atoms with E-state index >= 15 is 0 Å². The van der Waals surface area contributed by atoms with Gasteiger partial charge in [-0.25, -0.2) is 4.98 Å². The van der Waals surface area contributed by atoms with Gasteiger partial charge in [0.2, 0.25) is 5.91 Å². The fourth-order valence-electron chi connectivity index (χ4n) is 2.91. The number of nitrogens with zero attached hydrogens (tertiary/aromatic N) is 1. The third kappa shape index (κ3) is 5.92. The standard InChI is InChI=1S/C23H26N2O2S/c1-17-6-10-19(11-7-17)23-25-20(16-28-23)14-15-24-22(26)5-3-4-18-8-12-21(27-2)13-9-18/h6-13,16H,3-5,14-15H2,1-2H3,(H,24,26). The molecule has 0 aliphatic carbocycles. The van der Waals surface area contributed by atoms with Crippen LogP contribution in [0, 0.1) is 6.92 Å². The van der Waals surface area contributed by atoms with Crippen molar-refractivity contribution in [2.45, 2.75) is 32.6 Å². The summed E-state index contributed by atoms with van der Waals surface area (Å²) in [4.78, 5) is 16.7. The molecule has 0 radical (unpaired) electrons. The minimum absolute atomic E-state index is 0.0995. The number of ether oxygens (including phenoxy) is 1. The fourth-order valence-corrected chi connectivity index (χ4v) is 3.77. The number of nitrogens with one attached hydrogen (secondary N) is 1. The van der Waals surface area contributed by atoms with Crippen LogP contribution in [0.25, 0.3) is 10.6 Å². The molecule has 5 heteroatoms. The zero-order valence-electron chi connectivity index (χ0n) is 16.4. The van der Waals surface area contributed by atoms with Crippen LogP contribution in [-0.4, -0.2) is 24.5 Å². The predicted octanol–water partition coefficient (Wildman–Crippen LogP) is 4.81. The SMILES string of the molecule is COc1ccc(CCCC(=O)NCCc2csc(-c3ccc(C)cc3)n2)cc1. The molecule has 0 fully saturated rings. The topological polar surface area (TPSA) is 51.2 Å². The number of carbonyl (C=O) groups is 1. The molecule has 0 aliphatic heterocycles. The van der Waals surface area contributed by atoms with Gasteiger partial charge in [0.1, 0.15) is 10.8 Å². The molecule has 28 heavy (non-hydrogen) atoms. The molecule has 146 valence electrons. The summed E-state index contributed by atoms with van der Waals surface area (Å²) in [6, 6.07) is 16.4. The molecule has 0 saturated heterocycles. The van der Waals surface area contributed by atoms with Gasteiger partial charge in [0.15, 0.2) is 0 Å². The van der Waals surface area contributed by atoms with E-state index in [0.29, 0.717) is 13.0 Å². The Hall–Kier alpha value is -2.66. The number of amides is 1. The quantitative estimate of drug-likeness (QED) is 0.567. The van der Waals surface area contributed by atoms with Crippen molar-refractivity contribution in [3.05, 3.63) is 70.7 Å². The van der Waals surface area contributed by atoms with E-state index in [4.69, 9.17) is 4.74 Å². The van der Waals surface area contributed by atoms with Crippen molar-refractivity contribution in [3.8, 4) is 16.3 Å². The number of methoxy groups -OCH3 is 1. The fraction of sp³-hybridized carbons (Fsp3) is 0.304. The third-order valence-corrected chi connectivity index (χ3v) is 5.52. The van der Waals surface area contributed by atoms with E-state index in [0.717, 1.165) is 41.3 Å². The Balaban J connectivity index is 1.36. The van der Waals surface area contributed by atoms with E-state index in [1.54, 1.807) is 18.4 Å². The molecule has 0 bridgehead atoms. The van der Waals surface area contributed by atoms with Gasteiger partial charge in [-0.05, 0) is 37.5 Å². The molecule has 1 aromatic heterocycles. The average molecular weight is 395 g/mol. The van der Waals surface area contributed by atoms with Crippen LogP contribution in [0.4, 0.5) is 0 Å². The minimum atomic E-state index is 0.0995. The highest BCUT2D eigenvalue weighted by Gasteiger charge is 2.06. The number of rotatable bonds is 9. The smallest absolute Gasteiger partial charge is 0.220 e. The van der Waals surface area contributed by atoms with E-state index in [-0.39, 0.29) is 5.91 Å². The monoisotopic (exact) mass is 394 g/mol. The Kier molecular flexibility index (Phi) is 7.20. The molecule has 0 unspecified atom stereocenters. The highest BCUT2D eigenvalue weighted by atomic mass is 32.1. The van der Waals surface area contributed by atoms with E-state index in [1.807, 2.05) is 24.3 Å². The average Bonchev–Trinajstić information content (AvgIpc) is 3.18. The summed E-state index contributed by atoms with van der Waals surface area (Å²) in [5.41, 5.74) is 4.64. The van der Waals surface area contributed by atoms with Crippen LogP contribution in [0.1, 0.15) is 29.7 Å². The number of aromatic nitrogens is 1. The first-order valence-corrected chi connectivity index (χ1v) is 10.4. The number of hydrogen-bond acceptors (Lipinski definition) is 4. The lowest BCUT2D eigenvalue weighted by Gasteiger charge is -2.05. The molecule has 3 aromatic rings. The summed E-state index contributed by atoms with van der Waals surface area (Å²) in [7, 11) is 1.66. The van der Waals surface area contributed by atoms with Crippen molar-refractivity contribution in [2.24, 2.45) is 0 Å². The zero-order valence-corrected chi connectivity index (χ0v) is 17.2. The molecule has 0 spiro atoms. The van der Waals surface area contributed by atoms with Crippen molar-refractivity contribution < 1.29 is 9.53 Å². The van der Waals surface area contributed by atoms with E-state index in [1.165, 1.54) is 11.1 Å². The van der Waals surface area contributed by atoms with Gasteiger partial charge in [0.25, 0.3) is 0 Å². The Morgan fingerprint density at radius 1 is 1.07 bits per heavy atom. The summed E-state index contributed by atoms with van der Waals surface area (Å²) >= 11 is 1.65. The molecule has 1 amide bonds. The second-order valence-corrected chi connectivity index (χ2v) is 7.67. The van der Waals surface area contributed by atoms with Gasteiger partial charge >= 0.3 is 0 Å². The summed E-state index contributed by atoms with van der Waals surface area (Å²) in [6.07, 6.45) is 3.03. The Morgan fingerprint density at radius 3 is 2.54 bits per heavy atom. The number of hydrogen-bond donors (Lipinski definition) is 1. The molecule has 0 saturated carbocycles. The van der Waals surface area contributed by atoms with Crippen LogP contribution < -0.4 is 10.1 Å². The van der Waals surface area contributed by atoms with Gasteiger partial charge in [0.05, 0.1) is 12.8 Å². The van der Waals surface area contributed by atoms with Gasteiger partial charge in [-0.1, -0.05) is 42.0 Å². The van der Waals surface area contributed by atoms with Crippen molar-refractivity contribution in [1.29, 1.82) is 0 Å². The third-order valence-electron chi connectivity index (χ3n) is 4.58. The van der Waals surface area contributed by atoms with Crippen LogP contribution >= 0.6 is 11.3 Å². The van der Waals surface area contributed by atoms with Crippen molar-refractivity contribution in [2.75, 3.05) is 13.7 Å². The summed E-state index contributed by atoms with van der Waals surface area (Å²) < 4.78 is 5.16. The maximum Gasteiger partial charge on any atom is 0.220 e. The number of aryl methyl sites for hydroxylation is 2. The number of thiazole rings is 1. The van der Waals surface area contributed by atoms with E-state index in [9.17, 15) is 4.79 Å². The van der Waals surface area contributed by atoms with Gasteiger partial charge in [-0.15, -0.1) is 11.3 Å². The molecule has 1 N–H and O–H groups in total. The van der Waals surface area contributed by atoms with Crippen molar-refractivity contribution >= 4 is 17.2 Å². The first-order valence-electron chi connectivity index (χ1n) is 9.55. The van der Waals surface area contributed by atoms with Gasteiger partial charge < -0.3 is 10.1 Å². The van der Waals surface area contributed by atoms with Gasteiger partial charge in [-0.3, -0.25) is 4.79 Å². The highest BCUT2D eigenvalue weighted by molar-refractivity contribution is 7.13. The lowest BCUT2D eigenvalue weighted by atomic mass is 10.1. The molecule has 4 nitrogen and oxygen atoms in total. The second kappa shape index (κ2) is 10.0. The first kappa shape index (κ1) is 20.1. The molecule has 2 aromatic carbocycles. The van der Waals surface area contributed by atoms with Crippen LogP contribution in [0.15, 0.2) is 53.9 Å². The summed E-state index contributed by atoms with van der Waals surface area (Å²) in [6.45, 7) is 2.70. The molecule has 0 atom stereocenters. The summed E-state index contributed by atoms with van der Waals surface area (Å²) in [5, 5.41) is 6.10. The Labute approximate surface area is 170 Å². The zero-order chi connectivity index (χ0) is 19.8. The largest absolute Gasteiger partial charge is 0.497 e. The molecule has 3 rings (SSSR count). The van der Waals surface area contributed by atoms with Crippen LogP contribution in [0.5, 0.6) is 5.75 Å². The van der Waals surface area contributed by atoms with E-state index in [2.05, 4.69) is 46.9 Å². The minimum Gasteiger partial charge on any atom is -0.497 e. The molecular weight excluding hydrogens is 368 g/mol. The van der Waals surface area contributed by atoms with Crippen LogP contribution in [0.3, 0.4) is 0 Å². The molecule has 1 heterocycles. The Morgan fingerprint density at radius 2 is 1.82 bits per heavy atom. The maximum absolute atomic E-state index is 12.0.